The normalized spacial score (nSPS) is 24.6. The van der Waals surface area contributed by atoms with Crippen LogP contribution in [0.15, 0.2) is 29.3 Å². The number of guanidine groups is 1. The van der Waals surface area contributed by atoms with Crippen molar-refractivity contribution in [3.63, 3.8) is 0 Å². The number of carbonyl (C=O) groups excluding carboxylic acids is 1. The number of aliphatic imine (C=N–C) groups is 1. The highest BCUT2D eigenvalue weighted by Gasteiger charge is 2.31. The van der Waals surface area contributed by atoms with Gasteiger partial charge in [-0.05, 0) is 63.4 Å². The minimum atomic E-state index is 0. The Morgan fingerprint density at radius 3 is 2.77 bits per heavy atom. The first kappa shape index (κ1) is 26.2. The van der Waals surface area contributed by atoms with Crippen LogP contribution in [0.3, 0.4) is 0 Å². The maximum atomic E-state index is 12.0. The Morgan fingerprint density at radius 2 is 2.06 bits per heavy atom. The zero-order chi connectivity index (χ0) is 21.5. The molecule has 3 rings (SSSR count). The van der Waals surface area contributed by atoms with Gasteiger partial charge in [-0.15, -0.1) is 24.0 Å². The SMILES string of the molecule is CCNC(=NCC1CCCN(C)C1c1cccc(Cl)c1)NC1CCN(C(=O)CC)C1.I. The molecule has 8 heteroatoms. The first-order valence-corrected chi connectivity index (χ1v) is 11.7. The number of amides is 1. The van der Waals surface area contributed by atoms with Crippen LogP contribution in [-0.2, 0) is 4.79 Å². The van der Waals surface area contributed by atoms with Gasteiger partial charge < -0.3 is 15.5 Å². The predicted octanol–water partition coefficient (Wildman–Crippen LogP) is 3.91. The molecule has 0 aliphatic carbocycles. The van der Waals surface area contributed by atoms with Crippen LogP contribution >= 0.6 is 35.6 Å². The van der Waals surface area contributed by atoms with E-state index in [2.05, 4.69) is 41.6 Å². The molecule has 0 aromatic heterocycles. The van der Waals surface area contributed by atoms with Crippen molar-refractivity contribution in [1.82, 2.24) is 20.4 Å². The first-order chi connectivity index (χ1) is 14.5. The van der Waals surface area contributed by atoms with Crippen LogP contribution < -0.4 is 10.6 Å². The van der Waals surface area contributed by atoms with E-state index in [9.17, 15) is 4.79 Å². The smallest absolute Gasteiger partial charge is 0.222 e. The lowest BCUT2D eigenvalue weighted by molar-refractivity contribution is -0.129. The third-order valence-corrected chi connectivity index (χ3v) is 6.44. The number of carbonyl (C=O) groups is 1. The largest absolute Gasteiger partial charge is 0.357 e. The number of hydrogen-bond donors (Lipinski definition) is 2. The van der Waals surface area contributed by atoms with Crippen LogP contribution in [0.4, 0.5) is 0 Å². The summed E-state index contributed by atoms with van der Waals surface area (Å²) in [5.41, 5.74) is 1.27. The van der Waals surface area contributed by atoms with Gasteiger partial charge >= 0.3 is 0 Å². The van der Waals surface area contributed by atoms with E-state index < -0.39 is 0 Å². The third-order valence-electron chi connectivity index (χ3n) is 6.21. The molecule has 1 aromatic rings. The molecule has 1 aromatic carbocycles. The molecule has 3 atom stereocenters. The quantitative estimate of drug-likeness (QED) is 0.314. The molecule has 1 amide bonds. The molecule has 0 saturated carbocycles. The molecule has 2 heterocycles. The highest BCUT2D eigenvalue weighted by Crippen LogP contribution is 2.36. The number of nitrogens with zero attached hydrogens (tertiary/aromatic N) is 3. The molecule has 2 N–H and O–H groups in total. The fraction of sp³-hybridized carbons (Fsp3) is 0.652. The van der Waals surface area contributed by atoms with Gasteiger partial charge in [0.15, 0.2) is 5.96 Å². The van der Waals surface area contributed by atoms with Crippen LogP contribution in [0.5, 0.6) is 0 Å². The molecule has 2 aliphatic rings. The molecule has 174 valence electrons. The highest BCUT2D eigenvalue weighted by molar-refractivity contribution is 14.0. The lowest BCUT2D eigenvalue weighted by Gasteiger charge is -2.39. The van der Waals surface area contributed by atoms with Gasteiger partial charge in [-0.2, -0.15) is 0 Å². The van der Waals surface area contributed by atoms with E-state index in [1.165, 1.54) is 12.0 Å². The number of hydrogen-bond acceptors (Lipinski definition) is 3. The predicted molar refractivity (Wildman–Crippen MR) is 139 cm³/mol. The molecule has 2 aliphatic heterocycles. The van der Waals surface area contributed by atoms with Gasteiger partial charge in [0.25, 0.3) is 0 Å². The minimum absolute atomic E-state index is 0. The average molecular weight is 562 g/mol. The summed E-state index contributed by atoms with van der Waals surface area (Å²) in [6.45, 7) is 8.27. The minimum Gasteiger partial charge on any atom is -0.357 e. The fourth-order valence-electron chi connectivity index (χ4n) is 4.72. The van der Waals surface area contributed by atoms with Gasteiger partial charge in [0.05, 0.1) is 0 Å². The Morgan fingerprint density at radius 1 is 1.26 bits per heavy atom. The summed E-state index contributed by atoms with van der Waals surface area (Å²) >= 11 is 6.27. The summed E-state index contributed by atoms with van der Waals surface area (Å²) in [5, 5.41) is 7.72. The number of rotatable bonds is 6. The van der Waals surface area contributed by atoms with Gasteiger partial charge in [-0.3, -0.25) is 14.7 Å². The van der Waals surface area contributed by atoms with Gasteiger partial charge in [0.2, 0.25) is 5.91 Å². The van der Waals surface area contributed by atoms with Crippen molar-refractivity contribution in [3.8, 4) is 0 Å². The zero-order valence-corrected chi connectivity index (χ0v) is 22.0. The van der Waals surface area contributed by atoms with Gasteiger partial charge in [0.1, 0.15) is 0 Å². The molecule has 0 bridgehead atoms. The fourth-order valence-corrected chi connectivity index (χ4v) is 4.92. The van der Waals surface area contributed by atoms with Crippen molar-refractivity contribution in [2.45, 2.75) is 51.6 Å². The third kappa shape index (κ3) is 7.22. The highest BCUT2D eigenvalue weighted by atomic mass is 127. The molecule has 0 spiro atoms. The van der Waals surface area contributed by atoms with Gasteiger partial charge in [0, 0.05) is 49.7 Å². The van der Waals surface area contributed by atoms with E-state index in [1.807, 2.05) is 24.0 Å². The second kappa shape index (κ2) is 12.8. The topological polar surface area (TPSA) is 60.0 Å². The average Bonchev–Trinajstić information content (AvgIpc) is 3.20. The molecular weight excluding hydrogens is 525 g/mol. The molecule has 0 radical (unpaired) electrons. The standard InChI is InChI=1S/C23H36ClN5O.HI/c1-4-21(30)29-13-11-20(16-29)27-23(25-5-2)26-15-18-9-7-12-28(3)22(18)17-8-6-10-19(24)14-17;/h6,8,10,14,18,20,22H,4-5,7,9,11-13,15-16H2,1-3H3,(H2,25,26,27);1H. The number of benzene rings is 1. The Kier molecular flexibility index (Phi) is 10.9. The zero-order valence-electron chi connectivity index (χ0n) is 18.9. The Labute approximate surface area is 209 Å². The molecule has 2 saturated heterocycles. The number of piperidine rings is 1. The molecule has 2 fully saturated rings. The Bertz CT molecular complexity index is 746. The van der Waals surface area contributed by atoms with Crippen LogP contribution in [0, 0.1) is 5.92 Å². The maximum absolute atomic E-state index is 12.0. The molecule has 31 heavy (non-hydrogen) atoms. The lowest BCUT2D eigenvalue weighted by atomic mass is 9.85. The van der Waals surface area contributed by atoms with Crippen LogP contribution in [0.2, 0.25) is 5.02 Å². The van der Waals surface area contributed by atoms with Crippen LogP contribution in [0.25, 0.3) is 0 Å². The van der Waals surface area contributed by atoms with E-state index >= 15 is 0 Å². The summed E-state index contributed by atoms with van der Waals surface area (Å²) in [6, 6.07) is 8.82. The van der Waals surface area contributed by atoms with E-state index in [0.717, 1.165) is 56.5 Å². The van der Waals surface area contributed by atoms with E-state index in [-0.39, 0.29) is 35.9 Å². The van der Waals surface area contributed by atoms with Crippen molar-refractivity contribution >= 4 is 47.4 Å². The molecular formula is C23H37ClIN5O. The monoisotopic (exact) mass is 561 g/mol. The van der Waals surface area contributed by atoms with Crippen LogP contribution in [0.1, 0.15) is 51.1 Å². The summed E-state index contributed by atoms with van der Waals surface area (Å²) < 4.78 is 0. The maximum Gasteiger partial charge on any atom is 0.222 e. The summed E-state index contributed by atoms with van der Waals surface area (Å²) in [6.07, 6.45) is 3.88. The number of halogens is 2. The second-order valence-corrected chi connectivity index (χ2v) is 8.86. The van der Waals surface area contributed by atoms with Crippen molar-refractivity contribution in [3.05, 3.63) is 34.9 Å². The van der Waals surface area contributed by atoms with Crippen molar-refractivity contribution in [2.24, 2.45) is 10.9 Å². The Balaban J connectivity index is 0.00000341. The van der Waals surface area contributed by atoms with Crippen molar-refractivity contribution < 1.29 is 4.79 Å². The summed E-state index contributed by atoms with van der Waals surface area (Å²) in [5.74, 6) is 1.53. The van der Waals surface area contributed by atoms with Gasteiger partial charge in [-0.25, -0.2) is 0 Å². The molecule has 6 nitrogen and oxygen atoms in total. The van der Waals surface area contributed by atoms with E-state index in [0.29, 0.717) is 18.4 Å². The van der Waals surface area contributed by atoms with Crippen LogP contribution in [-0.4, -0.2) is 67.5 Å². The first-order valence-electron chi connectivity index (χ1n) is 11.3. The van der Waals surface area contributed by atoms with Crippen molar-refractivity contribution in [2.75, 3.05) is 39.8 Å². The van der Waals surface area contributed by atoms with Crippen molar-refractivity contribution in [1.29, 1.82) is 0 Å². The Hall–Kier alpha value is -1.06. The van der Waals surface area contributed by atoms with E-state index in [1.54, 1.807) is 0 Å². The number of likely N-dealkylation sites (tertiary alicyclic amines) is 2. The molecule has 3 unspecified atom stereocenters. The lowest BCUT2D eigenvalue weighted by Crippen LogP contribution is -2.45. The van der Waals surface area contributed by atoms with Gasteiger partial charge in [-0.1, -0.05) is 30.7 Å². The summed E-state index contributed by atoms with van der Waals surface area (Å²) in [7, 11) is 2.20. The number of nitrogens with one attached hydrogen (secondary N) is 2. The second-order valence-electron chi connectivity index (χ2n) is 8.43. The summed E-state index contributed by atoms with van der Waals surface area (Å²) in [4.78, 5) is 21.3. The van der Waals surface area contributed by atoms with E-state index in [4.69, 9.17) is 16.6 Å².